The van der Waals surface area contributed by atoms with Gasteiger partial charge in [-0.15, -0.1) is 0 Å². The summed E-state index contributed by atoms with van der Waals surface area (Å²) in [5.74, 6) is -0.943. The fourth-order valence-corrected chi connectivity index (χ4v) is 2.60. The van der Waals surface area contributed by atoms with Crippen LogP contribution in [0.1, 0.15) is 34.1 Å². The Bertz CT molecular complexity index is 1030. The molecule has 9 nitrogen and oxygen atoms in total. The van der Waals surface area contributed by atoms with E-state index in [4.69, 9.17) is 4.74 Å². The van der Waals surface area contributed by atoms with Crippen molar-refractivity contribution in [3.05, 3.63) is 82.4 Å². The molecule has 0 atom stereocenters. The summed E-state index contributed by atoms with van der Waals surface area (Å²) in [6.07, 6.45) is 5.25. The minimum atomic E-state index is -0.553. The number of carbonyl (C=O) groups excluding carboxylic acids is 2. The van der Waals surface area contributed by atoms with E-state index in [9.17, 15) is 19.7 Å². The first-order valence-corrected chi connectivity index (χ1v) is 8.85. The molecule has 3 rings (SSSR count). The van der Waals surface area contributed by atoms with Gasteiger partial charge < -0.3 is 14.6 Å². The fourth-order valence-electron chi connectivity index (χ4n) is 2.60. The number of rotatable bonds is 7. The van der Waals surface area contributed by atoms with Crippen LogP contribution in [0.5, 0.6) is 0 Å². The Morgan fingerprint density at radius 3 is 2.52 bits per heavy atom. The second kappa shape index (κ2) is 8.79. The van der Waals surface area contributed by atoms with Crippen molar-refractivity contribution in [3.8, 4) is 5.69 Å². The molecule has 0 bridgehead atoms. The van der Waals surface area contributed by atoms with Crippen molar-refractivity contribution < 1.29 is 19.2 Å². The zero-order valence-corrected chi connectivity index (χ0v) is 15.6. The number of hydrogen-bond donors (Lipinski definition) is 1. The standard InChI is InChI=1S/C20H18N4O5/c1-2-11-29-20(26)14-3-6-16(7-4-14)22-19(25)15-5-8-17(18(12-15)24(27)28)23-10-9-21-13-23/h3-10,12-13H,2,11H2,1H3,(H,22,25). The highest BCUT2D eigenvalue weighted by molar-refractivity contribution is 6.05. The van der Waals surface area contributed by atoms with Crippen LogP contribution in [0.2, 0.25) is 0 Å². The Balaban J connectivity index is 1.76. The number of amides is 1. The first kappa shape index (κ1) is 19.7. The van der Waals surface area contributed by atoms with Gasteiger partial charge in [0.1, 0.15) is 5.69 Å². The summed E-state index contributed by atoms with van der Waals surface area (Å²) in [5.41, 5.74) is 1.04. The molecular formula is C20H18N4O5. The van der Waals surface area contributed by atoms with Crippen LogP contribution in [0.3, 0.4) is 0 Å². The van der Waals surface area contributed by atoms with E-state index in [1.54, 1.807) is 18.3 Å². The highest BCUT2D eigenvalue weighted by Gasteiger charge is 2.19. The van der Waals surface area contributed by atoms with Crippen LogP contribution in [0.25, 0.3) is 5.69 Å². The van der Waals surface area contributed by atoms with Gasteiger partial charge in [0, 0.05) is 29.7 Å². The Hall–Kier alpha value is -4.01. The highest BCUT2D eigenvalue weighted by Crippen LogP contribution is 2.24. The van der Waals surface area contributed by atoms with E-state index >= 15 is 0 Å². The Kier molecular flexibility index (Phi) is 5.98. The quantitative estimate of drug-likeness (QED) is 0.372. The summed E-state index contributed by atoms with van der Waals surface area (Å²) in [6.45, 7) is 2.24. The maximum atomic E-state index is 12.5. The van der Waals surface area contributed by atoms with E-state index in [2.05, 4.69) is 10.3 Å². The van der Waals surface area contributed by atoms with E-state index in [1.165, 1.54) is 47.4 Å². The molecule has 0 unspecified atom stereocenters. The summed E-state index contributed by atoms with van der Waals surface area (Å²) in [5, 5.41) is 14.1. The molecule has 1 amide bonds. The number of esters is 1. The predicted octanol–water partition coefficient (Wildman–Crippen LogP) is 3.60. The lowest BCUT2D eigenvalue weighted by molar-refractivity contribution is -0.384. The molecule has 0 saturated carbocycles. The van der Waals surface area contributed by atoms with Crippen molar-refractivity contribution in [3.63, 3.8) is 0 Å². The minimum Gasteiger partial charge on any atom is -0.462 e. The van der Waals surface area contributed by atoms with Gasteiger partial charge in [-0.2, -0.15) is 0 Å². The molecule has 148 valence electrons. The molecule has 1 heterocycles. The van der Waals surface area contributed by atoms with Crippen molar-refractivity contribution in [2.45, 2.75) is 13.3 Å². The molecular weight excluding hydrogens is 376 g/mol. The Morgan fingerprint density at radius 2 is 1.90 bits per heavy atom. The van der Waals surface area contributed by atoms with Gasteiger partial charge in [0.05, 0.1) is 23.4 Å². The topological polar surface area (TPSA) is 116 Å². The number of nitro benzene ring substituents is 1. The maximum Gasteiger partial charge on any atom is 0.338 e. The van der Waals surface area contributed by atoms with Gasteiger partial charge in [-0.1, -0.05) is 6.92 Å². The zero-order chi connectivity index (χ0) is 20.8. The average molecular weight is 394 g/mol. The second-order valence-corrected chi connectivity index (χ2v) is 6.10. The lowest BCUT2D eigenvalue weighted by Crippen LogP contribution is -2.13. The van der Waals surface area contributed by atoms with Gasteiger partial charge in [0.2, 0.25) is 0 Å². The van der Waals surface area contributed by atoms with Crippen LogP contribution in [0, 0.1) is 10.1 Å². The van der Waals surface area contributed by atoms with Gasteiger partial charge in [-0.25, -0.2) is 9.78 Å². The van der Waals surface area contributed by atoms with Crippen LogP contribution in [-0.4, -0.2) is 33.0 Å². The number of anilines is 1. The SMILES string of the molecule is CCCOC(=O)c1ccc(NC(=O)c2ccc(-n3ccnc3)c([N+](=O)[O-])c2)cc1. The molecule has 9 heteroatoms. The lowest BCUT2D eigenvalue weighted by atomic mass is 10.1. The minimum absolute atomic E-state index is 0.131. The van der Waals surface area contributed by atoms with Crippen LogP contribution >= 0.6 is 0 Å². The van der Waals surface area contributed by atoms with E-state index in [0.29, 0.717) is 23.5 Å². The van der Waals surface area contributed by atoms with Crippen molar-refractivity contribution in [2.75, 3.05) is 11.9 Å². The third-order valence-electron chi connectivity index (χ3n) is 4.03. The van der Waals surface area contributed by atoms with Gasteiger partial charge in [0.15, 0.2) is 0 Å². The van der Waals surface area contributed by atoms with E-state index in [1.807, 2.05) is 6.92 Å². The van der Waals surface area contributed by atoms with Gasteiger partial charge >= 0.3 is 5.97 Å². The van der Waals surface area contributed by atoms with Crippen LogP contribution in [0.4, 0.5) is 11.4 Å². The molecule has 0 saturated heterocycles. The van der Waals surface area contributed by atoms with Crippen molar-refractivity contribution in [1.29, 1.82) is 0 Å². The fraction of sp³-hybridized carbons (Fsp3) is 0.150. The number of nitrogens with zero attached hydrogens (tertiary/aromatic N) is 3. The van der Waals surface area contributed by atoms with Crippen LogP contribution < -0.4 is 5.32 Å². The lowest BCUT2D eigenvalue weighted by Gasteiger charge is -2.09. The van der Waals surface area contributed by atoms with E-state index in [-0.39, 0.29) is 11.3 Å². The third kappa shape index (κ3) is 4.64. The molecule has 0 spiro atoms. The van der Waals surface area contributed by atoms with Crippen molar-refractivity contribution in [2.24, 2.45) is 0 Å². The number of aromatic nitrogens is 2. The van der Waals surface area contributed by atoms with E-state index in [0.717, 1.165) is 6.42 Å². The van der Waals surface area contributed by atoms with Crippen molar-refractivity contribution >= 4 is 23.3 Å². The van der Waals surface area contributed by atoms with Crippen LogP contribution in [-0.2, 0) is 4.74 Å². The Morgan fingerprint density at radius 1 is 1.17 bits per heavy atom. The Labute approximate surface area is 166 Å². The highest BCUT2D eigenvalue weighted by atomic mass is 16.6. The molecule has 0 aliphatic heterocycles. The molecule has 3 aromatic rings. The first-order valence-electron chi connectivity index (χ1n) is 8.85. The summed E-state index contributed by atoms with van der Waals surface area (Å²) in [7, 11) is 0. The summed E-state index contributed by atoms with van der Waals surface area (Å²) < 4.78 is 6.54. The average Bonchev–Trinajstić information content (AvgIpc) is 3.26. The summed E-state index contributed by atoms with van der Waals surface area (Å²) in [6, 6.07) is 10.4. The number of nitro groups is 1. The number of hydrogen-bond acceptors (Lipinski definition) is 6. The number of carbonyl (C=O) groups is 2. The maximum absolute atomic E-state index is 12.5. The predicted molar refractivity (Wildman–Crippen MR) is 105 cm³/mol. The largest absolute Gasteiger partial charge is 0.462 e. The number of ether oxygens (including phenoxy) is 1. The zero-order valence-electron chi connectivity index (χ0n) is 15.6. The molecule has 0 fully saturated rings. The van der Waals surface area contributed by atoms with Gasteiger partial charge in [-0.05, 0) is 42.8 Å². The summed E-state index contributed by atoms with van der Waals surface area (Å²) in [4.78, 5) is 39.1. The molecule has 2 aromatic carbocycles. The first-order chi connectivity index (χ1) is 14.0. The van der Waals surface area contributed by atoms with Crippen LogP contribution in [0.15, 0.2) is 61.2 Å². The molecule has 0 radical (unpaired) electrons. The molecule has 1 N–H and O–H groups in total. The molecule has 0 aliphatic carbocycles. The number of nitrogens with one attached hydrogen (secondary N) is 1. The van der Waals surface area contributed by atoms with Gasteiger partial charge in [-0.3, -0.25) is 14.9 Å². The normalized spacial score (nSPS) is 10.4. The molecule has 1 aromatic heterocycles. The number of imidazole rings is 1. The van der Waals surface area contributed by atoms with E-state index < -0.39 is 16.8 Å². The van der Waals surface area contributed by atoms with Crippen molar-refractivity contribution in [1.82, 2.24) is 9.55 Å². The van der Waals surface area contributed by atoms with Gasteiger partial charge in [0.25, 0.3) is 11.6 Å². The summed E-state index contributed by atoms with van der Waals surface area (Å²) >= 11 is 0. The number of benzene rings is 2. The monoisotopic (exact) mass is 394 g/mol. The smallest absolute Gasteiger partial charge is 0.338 e. The molecule has 0 aliphatic rings. The second-order valence-electron chi connectivity index (χ2n) is 6.10. The molecule has 29 heavy (non-hydrogen) atoms. The third-order valence-corrected chi connectivity index (χ3v) is 4.03.